The largest absolute Gasteiger partial charge is 0.480 e. The SMILES string of the molecule is COc1ccc(OC2CCN(C(=O)CC34CC5CC(CC(C5)C3)C4)C2)nn1. The van der Waals surface area contributed by atoms with Crippen molar-refractivity contribution < 1.29 is 14.3 Å². The molecule has 0 radical (unpaired) electrons. The van der Waals surface area contributed by atoms with E-state index in [1.165, 1.54) is 38.5 Å². The van der Waals surface area contributed by atoms with Crippen molar-refractivity contribution in [2.24, 2.45) is 23.2 Å². The third-order valence-corrected chi connectivity index (χ3v) is 7.30. The molecule has 6 heteroatoms. The lowest BCUT2D eigenvalue weighted by Crippen LogP contribution is -2.48. The second-order valence-corrected chi connectivity index (χ2v) is 9.38. The average molecular weight is 371 g/mol. The normalized spacial score (nSPS) is 36.9. The Morgan fingerprint density at radius 2 is 1.74 bits per heavy atom. The summed E-state index contributed by atoms with van der Waals surface area (Å²) in [7, 11) is 1.56. The van der Waals surface area contributed by atoms with Gasteiger partial charge >= 0.3 is 0 Å². The molecule has 1 aromatic rings. The molecule has 0 spiro atoms. The van der Waals surface area contributed by atoms with Crippen molar-refractivity contribution in [1.82, 2.24) is 15.1 Å². The van der Waals surface area contributed by atoms with Crippen molar-refractivity contribution in [1.29, 1.82) is 0 Å². The van der Waals surface area contributed by atoms with Crippen molar-refractivity contribution in [2.45, 2.75) is 57.5 Å². The summed E-state index contributed by atoms with van der Waals surface area (Å²) in [5, 5.41) is 7.97. The maximum absolute atomic E-state index is 13.0. The third-order valence-electron chi connectivity index (χ3n) is 7.30. The Morgan fingerprint density at radius 1 is 1.11 bits per heavy atom. The summed E-state index contributed by atoms with van der Waals surface area (Å²) in [4.78, 5) is 15.1. The second-order valence-electron chi connectivity index (χ2n) is 9.38. The number of hydrogen-bond donors (Lipinski definition) is 0. The molecule has 2 heterocycles. The van der Waals surface area contributed by atoms with Gasteiger partial charge in [-0.05, 0) is 61.7 Å². The first-order valence-corrected chi connectivity index (χ1v) is 10.4. The van der Waals surface area contributed by atoms with Gasteiger partial charge < -0.3 is 14.4 Å². The minimum Gasteiger partial charge on any atom is -0.480 e. The van der Waals surface area contributed by atoms with Gasteiger partial charge in [0.2, 0.25) is 17.7 Å². The standard InChI is InChI=1S/C21H29N3O3/c1-26-18-2-3-19(23-22-18)27-17-4-5-24(13-17)20(25)12-21-9-14-6-15(10-21)8-16(7-14)11-21/h2-3,14-17H,4-13H2,1H3. The first-order chi connectivity index (χ1) is 13.1. The topological polar surface area (TPSA) is 64.6 Å². The number of hydrogen-bond acceptors (Lipinski definition) is 5. The van der Waals surface area contributed by atoms with E-state index in [4.69, 9.17) is 9.47 Å². The summed E-state index contributed by atoms with van der Waals surface area (Å²) in [6, 6.07) is 3.51. The maximum atomic E-state index is 13.0. The number of amides is 1. The molecule has 4 aliphatic carbocycles. The zero-order chi connectivity index (χ0) is 18.4. The first kappa shape index (κ1) is 17.3. The van der Waals surface area contributed by atoms with Crippen molar-refractivity contribution in [3.63, 3.8) is 0 Å². The first-order valence-electron chi connectivity index (χ1n) is 10.4. The molecule has 5 fully saturated rings. The van der Waals surface area contributed by atoms with E-state index < -0.39 is 0 Å². The molecule has 1 saturated heterocycles. The van der Waals surface area contributed by atoms with Crippen molar-refractivity contribution in [3.8, 4) is 11.8 Å². The lowest BCUT2D eigenvalue weighted by molar-refractivity contribution is -0.138. The van der Waals surface area contributed by atoms with Crippen LogP contribution in [0.25, 0.3) is 0 Å². The highest BCUT2D eigenvalue weighted by molar-refractivity contribution is 5.77. The average Bonchev–Trinajstić information content (AvgIpc) is 3.09. The van der Waals surface area contributed by atoms with Gasteiger partial charge in [-0.25, -0.2) is 0 Å². The molecule has 4 saturated carbocycles. The van der Waals surface area contributed by atoms with E-state index in [0.717, 1.165) is 37.1 Å². The van der Waals surface area contributed by atoms with E-state index in [0.29, 0.717) is 29.6 Å². The minimum atomic E-state index is 0.00741. The van der Waals surface area contributed by atoms with Gasteiger partial charge in [0.15, 0.2) is 0 Å². The van der Waals surface area contributed by atoms with Gasteiger partial charge in [-0.2, -0.15) is 0 Å². The Balaban J connectivity index is 1.17. The summed E-state index contributed by atoms with van der Waals surface area (Å²) in [5.41, 5.74) is 0.312. The van der Waals surface area contributed by atoms with Crippen LogP contribution >= 0.6 is 0 Å². The fraction of sp³-hybridized carbons (Fsp3) is 0.762. The number of likely N-dealkylation sites (tertiary alicyclic amines) is 1. The number of methoxy groups -OCH3 is 1. The fourth-order valence-electron chi connectivity index (χ4n) is 6.64. The molecular formula is C21H29N3O3. The van der Waals surface area contributed by atoms with E-state index in [9.17, 15) is 4.79 Å². The van der Waals surface area contributed by atoms with Gasteiger partial charge in [0, 0.05) is 31.5 Å². The molecule has 0 aromatic carbocycles. The second kappa shape index (κ2) is 6.64. The Morgan fingerprint density at radius 3 is 2.33 bits per heavy atom. The van der Waals surface area contributed by atoms with Gasteiger partial charge in [-0.15, -0.1) is 10.2 Å². The molecular weight excluding hydrogens is 342 g/mol. The molecule has 6 nitrogen and oxygen atoms in total. The van der Waals surface area contributed by atoms with Crippen LogP contribution in [-0.2, 0) is 4.79 Å². The Labute approximate surface area is 160 Å². The molecule has 4 bridgehead atoms. The number of carbonyl (C=O) groups excluding carboxylic acids is 1. The van der Waals surface area contributed by atoms with Crippen molar-refractivity contribution >= 4 is 5.91 Å². The third kappa shape index (κ3) is 3.39. The van der Waals surface area contributed by atoms with Gasteiger partial charge in [-0.1, -0.05) is 0 Å². The molecule has 1 atom stereocenters. The van der Waals surface area contributed by atoms with Crippen LogP contribution in [0.5, 0.6) is 11.8 Å². The van der Waals surface area contributed by atoms with Gasteiger partial charge in [0.25, 0.3) is 0 Å². The van der Waals surface area contributed by atoms with E-state index in [-0.39, 0.29) is 6.10 Å². The number of carbonyl (C=O) groups is 1. The molecule has 146 valence electrons. The quantitative estimate of drug-likeness (QED) is 0.796. The van der Waals surface area contributed by atoms with Crippen LogP contribution in [0.15, 0.2) is 12.1 Å². The van der Waals surface area contributed by atoms with Crippen LogP contribution in [0.2, 0.25) is 0 Å². The lowest BCUT2D eigenvalue weighted by Gasteiger charge is -2.56. The summed E-state index contributed by atoms with van der Waals surface area (Å²) in [6.45, 7) is 1.46. The molecule has 6 rings (SSSR count). The van der Waals surface area contributed by atoms with Gasteiger partial charge in [-0.3, -0.25) is 4.79 Å². The zero-order valence-electron chi connectivity index (χ0n) is 16.1. The van der Waals surface area contributed by atoms with Crippen LogP contribution in [-0.4, -0.2) is 47.3 Å². The van der Waals surface area contributed by atoms with E-state index in [2.05, 4.69) is 10.2 Å². The number of aromatic nitrogens is 2. The molecule has 1 amide bonds. The number of ether oxygens (including phenoxy) is 2. The monoisotopic (exact) mass is 371 g/mol. The van der Waals surface area contributed by atoms with Crippen LogP contribution in [0.4, 0.5) is 0 Å². The predicted octanol–water partition coefficient (Wildman–Crippen LogP) is 3.07. The van der Waals surface area contributed by atoms with Crippen LogP contribution in [0.3, 0.4) is 0 Å². The highest BCUT2D eigenvalue weighted by Gasteiger charge is 2.52. The highest BCUT2D eigenvalue weighted by atomic mass is 16.5. The Bertz CT molecular complexity index is 670. The lowest BCUT2D eigenvalue weighted by atomic mass is 9.49. The molecule has 1 unspecified atom stereocenters. The molecule has 5 aliphatic rings. The Hall–Kier alpha value is -1.85. The molecule has 0 N–H and O–H groups in total. The maximum Gasteiger partial charge on any atom is 0.233 e. The number of nitrogens with zero attached hydrogens (tertiary/aromatic N) is 3. The van der Waals surface area contributed by atoms with Gasteiger partial charge in [0.1, 0.15) is 6.10 Å². The molecule has 1 aromatic heterocycles. The van der Waals surface area contributed by atoms with E-state index in [1.54, 1.807) is 19.2 Å². The molecule has 1 aliphatic heterocycles. The summed E-state index contributed by atoms with van der Waals surface area (Å²) >= 11 is 0. The zero-order valence-corrected chi connectivity index (χ0v) is 16.1. The Kier molecular flexibility index (Phi) is 4.25. The molecule has 27 heavy (non-hydrogen) atoms. The van der Waals surface area contributed by atoms with Crippen LogP contribution < -0.4 is 9.47 Å². The van der Waals surface area contributed by atoms with Crippen LogP contribution in [0.1, 0.15) is 51.4 Å². The predicted molar refractivity (Wildman–Crippen MR) is 99.4 cm³/mol. The fourth-order valence-corrected chi connectivity index (χ4v) is 6.64. The van der Waals surface area contributed by atoms with Crippen molar-refractivity contribution in [2.75, 3.05) is 20.2 Å². The summed E-state index contributed by atoms with van der Waals surface area (Å²) in [5.74, 6) is 3.99. The minimum absolute atomic E-state index is 0.00741. The van der Waals surface area contributed by atoms with Gasteiger partial charge in [0.05, 0.1) is 13.7 Å². The highest BCUT2D eigenvalue weighted by Crippen LogP contribution is 2.61. The van der Waals surface area contributed by atoms with Crippen molar-refractivity contribution in [3.05, 3.63) is 12.1 Å². The van der Waals surface area contributed by atoms with E-state index >= 15 is 0 Å². The summed E-state index contributed by atoms with van der Waals surface area (Å²) in [6.07, 6.45) is 9.78. The smallest absolute Gasteiger partial charge is 0.233 e. The van der Waals surface area contributed by atoms with E-state index in [1.807, 2.05) is 4.90 Å². The van der Waals surface area contributed by atoms with Crippen LogP contribution in [0, 0.1) is 23.2 Å². The number of rotatable bonds is 5. The summed E-state index contributed by atoms with van der Waals surface area (Å²) < 4.78 is 10.9.